The van der Waals surface area contributed by atoms with Gasteiger partial charge in [0.25, 0.3) is 0 Å². The van der Waals surface area contributed by atoms with Crippen molar-refractivity contribution in [3.8, 4) is 11.1 Å². The number of nitrogens with zero attached hydrogens (tertiary/aromatic N) is 1. The van der Waals surface area contributed by atoms with Crippen LogP contribution in [0.25, 0.3) is 22.0 Å². The maximum Gasteiger partial charge on any atom is 0.338 e. The Morgan fingerprint density at radius 3 is 2.41 bits per heavy atom. The van der Waals surface area contributed by atoms with Crippen LogP contribution in [0.15, 0.2) is 72.8 Å². The Balaban J connectivity index is 1.57. The first kappa shape index (κ1) is 23.3. The standard InChI is InChI=1S/C29H29NO4/c1-4-5-16-34-29(32)26-9-7-6-8-25(26)22-12-10-21(11-13-22)19-30-20(2)17-24-18-23(28(31)33-3)14-15-27(24)30/h6-15,17-18H,4-5,16,19H2,1-3H3. The lowest BCUT2D eigenvalue weighted by atomic mass is 9.98. The van der Waals surface area contributed by atoms with E-state index in [4.69, 9.17) is 9.47 Å². The summed E-state index contributed by atoms with van der Waals surface area (Å²) >= 11 is 0. The van der Waals surface area contributed by atoms with Crippen LogP contribution in [0.5, 0.6) is 0 Å². The topological polar surface area (TPSA) is 57.5 Å². The number of aryl methyl sites for hydroxylation is 1. The molecule has 0 aliphatic carbocycles. The smallest absolute Gasteiger partial charge is 0.338 e. The minimum absolute atomic E-state index is 0.283. The highest BCUT2D eigenvalue weighted by Gasteiger charge is 2.14. The summed E-state index contributed by atoms with van der Waals surface area (Å²) in [4.78, 5) is 24.4. The highest BCUT2D eigenvalue weighted by atomic mass is 16.5. The van der Waals surface area contributed by atoms with Crippen molar-refractivity contribution in [1.29, 1.82) is 0 Å². The Morgan fingerprint density at radius 1 is 0.912 bits per heavy atom. The van der Waals surface area contributed by atoms with Gasteiger partial charge in [-0.3, -0.25) is 0 Å². The third kappa shape index (κ3) is 4.88. The van der Waals surface area contributed by atoms with Crippen molar-refractivity contribution >= 4 is 22.8 Å². The molecular formula is C29H29NO4. The lowest BCUT2D eigenvalue weighted by Crippen LogP contribution is -2.08. The molecule has 34 heavy (non-hydrogen) atoms. The molecule has 0 aliphatic heterocycles. The van der Waals surface area contributed by atoms with Crippen molar-refractivity contribution in [3.05, 3.63) is 95.2 Å². The monoisotopic (exact) mass is 455 g/mol. The second kappa shape index (κ2) is 10.4. The molecule has 0 spiro atoms. The molecule has 0 N–H and O–H groups in total. The fourth-order valence-electron chi connectivity index (χ4n) is 4.14. The van der Waals surface area contributed by atoms with Crippen LogP contribution in [0.4, 0.5) is 0 Å². The average Bonchev–Trinajstić information content (AvgIpc) is 3.18. The molecule has 0 bridgehead atoms. The van der Waals surface area contributed by atoms with Crippen LogP contribution in [0.3, 0.4) is 0 Å². The first-order chi connectivity index (χ1) is 16.5. The van der Waals surface area contributed by atoms with Crippen LogP contribution in [0.2, 0.25) is 0 Å². The zero-order valence-corrected chi connectivity index (χ0v) is 19.8. The summed E-state index contributed by atoms with van der Waals surface area (Å²) in [6.45, 7) is 5.27. The summed E-state index contributed by atoms with van der Waals surface area (Å²) < 4.78 is 12.5. The first-order valence-electron chi connectivity index (χ1n) is 11.6. The fraction of sp³-hybridized carbons (Fsp3) is 0.241. The second-order valence-electron chi connectivity index (χ2n) is 8.37. The molecule has 0 radical (unpaired) electrons. The van der Waals surface area contributed by atoms with Crippen LogP contribution in [0.1, 0.15) is 51.7 Å². The quantitative estimate of drug-likeness (QED) is 0.228. The molecule has 5 nitrogen and oxygen atoms in total. The number of hydrogen-bond acceptors (Lipinski definition) is 4. The van der Waals surface area contributed by atoms with E-state index >= 15 is 0 Å². The van der Waals surface area contributed by atoms with Gasteiger partial charge < -0.3 is 14.0 Å². The summed E-state index contributed by atoms with van der Waals surface area (Å²) in [5.74, 6) is -0.619. The summed E-state index contributed by atoms with van der Waals surface area (Å²) in [6, 6.07) is 23.5. The van der Waals surface area contributed by atoms with Gasteiger partial charge in [0.05, 0.1) is 24.8 Å². The molecule has 4 aromatic rings. The van der Waals surface area contributed by atoms with Gasteiger partial charge in [0.2, 0.25) is 0 Å². The number of hydrogen-bond donors (Lipinski definition) is 0. The summed E-state index contributed by atoms with van der Waals surface area (Å²) in [5.41, 5.74) is 6.29. The van der Waals surface area contributed by atoms with Crippen molar-refractivity contribution in [2.45, 2.75) is 33.2 Å². The predicted molar refractivity (Wildman–Crippen MR) is 134 cm³/mol. The molecule has 0 amide bonds. The Morgan fingerprint density at radius 2 is 1.68 bits per heavy atom. The lowest BCUT2D eigenvalue weighted by Gasteiger charge is -2.12. The summed E-state index contributed by atoms with van der Waals surface area (Å²) in [5, 5.41) is 1.01. The Hall–Kier alpha value is -3.86. The van der Waals surface area contributed by atoms with Crippen LogP contribution >= 0.6 is 0 Å². The third-order valence-corrected chi connectivity index (χ3v) is 6.01. The summed E-state index contributed by atoms with van der Waals surface area (Å²) in [7, 11) is 1.39. The van der Waals surface area contributed by atoms with Crippen molar-refractivity contribution < 1.29 is 19.1 Å². The van der Waals surface area contributed by atoms with Gasteiger partial charge in [-0.2, -0.15) is 0 Å². The van der Waals surface area contributed by atoms with E-state index in [1.807, 2.05) is 48.5 Å². The molecule has 0 atom stereocenters. The van der Waals surface area contributed by atoms with E-state index < -0.39 is 0 Å². The van der Waals surface area contributed by atoms with Gasteiger partial charge in [-0.05, 0) is 60.4 Å². The molecule has 0 saturated heterocycles. The first-order valence-corrected chi connectivity index (χ1v) is 11.6. The normalized spacial score (nSPS) is 10.9. The van der Waals surface area contributed by atoms with Gasteiger partial charge in [-0.25, -0.2) is 9.59 Å². The number of aromatic nitrogens is 1. The molecule has 0 fully saturated rings. The van der Waals surface area contributed by atoms with E-state index in [2.05, 4.69) is 36.6 Å². The zero-order valence-electron chi connectivity index (χ0n) is 19.8. The van der Waals surface area contributed by atoms with Crippen LogP contribution in [-0.2, 0) is 16.0 Å². The second-order valence-corrected chi connectivity index (χ2v) is 8.37. The SMILES string of the molecule is CCCCOC(=O)c1ccccc1-c1ccc(Cn2c(C)cc3cc(C(=O)OC)ccc32)cc1. The number of benzene rings is 3. The molecule has 1 aromatic heterocycles. The van der Waals surface area contributed by atoms with E-state index in [1.54, 1.807) is 6.07 Å². The summed E-state index contributed by atoms with van der Waals surface area (Å²) in [6.07, 6.45) is 1.85. The van der Waals surface area contributed by atoms with Crippen LogP contribution < -0.4 is 0 Å². The maximum atomic E-state index is 12.6. The van der Waals surface area contributed by atoms with Gasteiger partial charge in [-0.1, -0.05) is 55.8 Å². The Labute approximate surface area is 199 Å². The lowest BCUT2D eigenvalue weighted by molar-refractivity contribution is 0.0500. The van der Waals surface area contributed by atoms with Gasteiger partial charge in [0.15, 0.2) is 0 Å². The minimum atomic E-state index is -0.336. The van der Waals surface area contributed by atoms with Crippen molar-refractivity contribution in [2.24, 2.45) is 0 Å². The number of unbranched alkanes of at least 4 members (excludes halogenated alkanes) is 1. The van der Waals surface area contributed by atoms with E-state index in [0.717, 1.165) is 46.1 Å². The Bertz CT molecular complexity index is 1320. The number of rotatable bonds is 8. The van der Waals surface area contributed by atoms with Gasteiger partial charge in [-0.15, -0.1) is 0 Å². The maximum absolute atomic E-state index is 12.6. The number of methoxy groups -OCH3 is 1. The highest BCUT2D eigenvalue weighted by molar-refractivity contribution is 5.97. The molecule has 174 valence electrons. The van der Waals surface area contributed by atoms with E-state index in [0.29, 0.717) is 24.3 Å². The molecule has 0 unspecified atom stereocenters. The van der Waals surface area contributed by atoms with Gasteiger partial charge in [0, 0.05) is 23.1 Å². The van der Waals surface area contributed by atoms with Crippen LogP contribution in [0, 0.1) is 6.92 Å². The number of esters is 2. The van der Waals surface area contributed by atoms with Crippen molar-refractivity contribution in [2.75, 3.05) is 13.7 Å². The van der Waals surface area contributed by atoms with E-state index in [1.165, 1.54) is 7.11 Å². The highest BCUT2D eigenvalue weighted by Crippen LogP contribution is 2.27. The molecule has 0 aliphatic rings. The van der Waals surface area contributed by atoms with E-state index in [9.17, 15) is 9.59 Å². The van der Waals surface area contributed by atoms with Gasteiger partial charge >= 0.3 is 11.9 Å². The predicted octanol–water partition coefficient (Wildman–Crippen LogP) is 6.41. The van der Waals surface area contributed by atoms with Crippen molar-refractivity contribution in [1.82, 2.24) is 4.57 Å². The fourth-order valence-corrected chi connectivity index (χ4v) is 4.14. The molecule has 0 saturated carbocycles. The Kier molecular flexibility index (Phi) is 7.12. The number of carbonyl (C=O) groups is 2. The molecule has 1 heterocycles. The minimum Gasteiger partial charge on any atom is -0.465 e. The third-order valence-electron chi connectivity index (χ3n) is 6.01. The number of carbonyl (C=O) groups excluding carboxylic acids is 2. The zero-order chi connectivity index (χ0) is 24.1. The van der Waals surface area contributed by atoms with Crippen LogP contribution in [-0.4, -0.2) is 30.2 Å². The van der Waals surface area contributed by atoms with E-state index in [-0.39, 0.29) is 11.9 Å². The molecule has 3 aromatic carbocycles. The van der Waals surface area contributed by atoms with Crippen molar-refractivity contribution in [3.63, 3.8) is 0 Å². The average molecular weight is 456 g/mol. The van der Waals surface area contributed by atoms with Gasteiger partial charge in [0.1, 0.15) is 0 Å². The largest absolute Gasteiger partial charge is 0.465 e. The molecule has 4 rings (SSSR count). The molecule has 5 heteroatoms. The number of fused-ring (bicyclic) bond motifs is 1. The number of ether oxygens (including phenoxy) is 2. The molecular weight excluding hydrogens is 426 g/mol.